The Labute approximate surface area is 105 Å². The van der Waals surface area contributed by atoms with Crippen molar-refractivity contribution in [2.45, 2.75) is 32.3 Å². The van der Waals surface area contributed by atoms with E-state index in [0.29, 0.717) is 11.7 Å². The molecule has 0 radical (unpaired) electrons. The fraction of sp³-hybridized carbons (Fsp3) is 0.467. The largest absolute Gasteiger partial charge is 0.455 e. The highest BCUT2D eigenvalue weighted by molar-refractivity contribution is 5.78. The number of hydrogen-bond donors (Lipinski definition) is 1. The van der Waals surface area contributed by atoms with Crippen LogP contribution in [-0.2, 0) is 0 Å². The number of furan rings is 1. The summed E-state index contributed by atoms with van der Waals surface area (Å²) in [6.45, 7) is 2.20. The molecule has 2 nitrogen and oxygen atoms in total. The van der Waals surface area contributed by atoms with E-state index >= 15 is 0 Å². The molecule has 3 unspecified atom stereocenters. The lowest BCUT2D eigenvalue weighted by Crippen LogP contribution is -2.08. The maximum Gasteiger partial charge on any atom is 0.170 e. The first-order chi connectivity index (χ1) is 8.65. The Hall–Kier alpha value is -1.35. The van der Waals surface area contributed by atoms with E-state index in [9.17, 15) is 9.50 Å². The second-order valence-corrected chi connectivity index (χ2v) is 5.43. The molecule has 0 aliphatic heterocycles. The van der Waals surface area contributed by atoms with Crippen LogP contribution >= 0.6 is 0 Å². The first-order valence-electron chi connectivity index (χ1n) is 6.51. The van der Waals surface area contributed by atoms with Gasteiger partial charge in [-0.25, -0.2) is 4.39 Å². The predicted molar refractivity (Wildman–Crippen MR) is 67.6 cm³/mol. The Morgan fingerprint density at radius 1 is 1.39 bits per heavy atom. The van der Waals surface area contributed by atoms with Crippen LogP contribution in [0, 0.1) is 17.7 Å². The van der Waals surface area contributed by atoms with Crippen molar-refractivity contribution in [3.63, 3.8) is 0 Å². The molecule has 3 atom stereocenters. The van der Waals surface area contributed by atoms with Gasteiger partial charge >= 0.3 is 0 Å². The number of rotatable bonds is 2. The Balaban J connectivity index is 1.92. The Morgan fingerprint density at radius 3 is 2.89 bits per heavy atom. The minimum Gasteiger partial charge on any atom is -0.455 e. The Bertz CT molecular complexity index is 561. The number of fused-ring (bicyclic) bond motifs is 1. The molecule has 2 aromatic rings. The zero-order chi connectivity index (χ0) is 12.7. The topological polar surface area (TPSA) is 33.4 Å². The van der Waals surface area contributed by atoms with E-state index in [2.05, 4.69) is 6.92 Å². The highest BCUT2D eigenvalue weighted by atomic mass is 19.1. The van der Waals surface area contributed by atoms with Crippen molar-refractivity contribution >= 4 is 11.0 Å². The van der Waals surface area contributed by atoms with Gasteiger partial charge in [-0.15, -0.1) is 0 Å². The fourth-order valence-corrected chi connectivity index (χ4v) is 2.96. The molecular formula is C15H17FO2. The average Bonchev–Trinajstić information content (AvgIpc) is 2.95. The molecule has 0 amide bonds. The molecule has 1 N–H and O–H groups in total. The third kappa shape index (κ3) is 1.93. The van der Waals surface area contributed by atoms with Crippen LogP contribution in [0.5, 0.6) is 0 Å². The van der Waals surface area contributed by atoms with Gasteiger partial charge in [0, 0.05) is 5.39 Å². The molecule has 18 heavy (non-hydrogen) atoms. The summed E-state index contributed by atoms with van der Waals surface area (Å²) in [6, 6.07) is 6.59. The standard InChI is InChI=1S/C15H17FO2/c1-9-5-6-10(7-9)14(17)13-8-11-3-2-4-12(16)15(11)18-13/h2-4,8-10,14,17H,5-7H2,1H3. The number of aliphatic hydroxyl groups excluding tert-OH is 1. The van der Waals surface area contributed by atoms with Gasteiger partial charge in [-0.1, -0.05) is 25.5 Å². The van der Waals surface area contributed by atoms with Gasteiger partial charge in [-0.05, 0) is 36.8 Å². The quantitative estimate of drug-likeness (QED) is 0.870. The number of para-hydroxylation sites is 1. The number of aliphatic hydroxyl groups is 1. The van der Waals surface area contributed by atoms with Crippen molar-refractivity contribution in [3.8, 4) is 0 Å². The lowest BCUT2D eigenvalue weighted by molar-refractivity contribution is 0.0885. The summed E-state index contributed by atoms with van der Waals surface area (Å²) < 4.78 is 19.0. The number of benzene rings is 1. The lowest BCUT2D eigenvalue weighted by Gasteiger charge is -2.15. The van der Waals surface area contributed by atoms with Crippen LogP contribution in [0.3, 0.4) is 0 Å². The fourth-order valence-electron chi connectivity index (χ4n) is 2.96. The van der Waals surface area contributed by atoms with E-state index in [1.807, 2.05) is 0 Å². The molecule has 1 heterocycles. The molecule has 3 heteroatoms. The van der Waals surface area contributed by atoms with Gasteiger partial charge in [0.25, 0.3) is 0 Å². The van der Waals surface area contributed by atoms with Crippen LogP contribution in [0.4, 0.5) is 4.39 Å². The van der Waals surface area contributed by atoms with E-state index in [0.717, 1.165) is 24.6 Å². The molecule has 0 saturated heterocycles. The first kappa shape index (κ1) is 11.7. The van der Waals surface area contributed by atoms with E-state index in [4.69, 9.17) is 4.42 Å². The zero-order valence-corrected chi connectivity index (χ0v) is 10.4. The van der Waals surface area contributed by atoms with Crippen molar-refractivity contribution in [1.29, 1.82) is 0 Å². The average molecular weight is 248 g/mol. The molecule has 0 bridgehead atoms. The third-order valence-electron chi connectivity index (χ3n) is 3.99. The first-order valence-corrected chi connectivity index (χ1v) is 6.51. The van der Waals surface area contributed by atoms with E-state index in [1.165, 1.54) is 6.07 Å². The van der Waals surface area contributed by atoms with Gasteiger partial charge in [0.15, 0.2) is 11.4 Å². The summed E-state index contributed by atoms with van der Waals surface area (Å²) in [5, 5.41) is 11.0. The third-order valence-corrected chi connectivity index (χ3v) is 3.99. The van der Waals surface area contributed by atoms with Crippen LogP contribution in [0.2, 0.25) is 0 Å². The molecular weight excluding hydrogens is 231 g/mol. The zero-order valence-electron chi connectivity index (χ0n) is 10.4. The smallest absolute Gasteiger partial charge is 0.170 e. The van der Waals surface area contributed by atoms with Crippen molar-refractivity contribution in [1.82, 2.24) is 0 Å². The molecule has 1 aliphatic rings. The summed E-state index contributed by atoms with van der Waals surface area (Å²) in [7, 11) is 0. The number of halogens is 1. The molecule has 1 saturated carbocycles. The van der Waals surface area contributed by atoms with Crippen LogP contribution < -0.4 is 0 Å². The highest BCUT2D eigenvalue weighted by Gasteiger charge is 2.30. The minimum absolute atomic E-state index is 0.239. The van der Waals surface area contributed by atoms with E-state index in [1.54, 1.807) is 18.2 Å². The lowest BCUT2D eigenvalue weighted by atomic mass is 9.97. The molecule has 96 valence electrons. The van der Waals surface area contributed by atoms with Gasteiger partial charge < -0.3 is 9.52 Å². The van der Waals surface area contributed by atoms with E-state index in [-0.39, 0.29) is 17.3 Å². The van der Waals surface area contributed by atoms with Crippen molar-refractivity contribution in [2.24, 2.45) is 11.8 Å². The van der Waals surface area contributed by atoms with Crippen LogP contribution in [0.25, 0.3) is 11.0 Å². The Kier molecular flexibility index (Phi) is 2.86. The molecule has 1 aromatic heterocycles. The van der Waals surface area contributed by atoms with Crippen molar-refractivity contribution in [3.05, 3.63) is 35.8 Å². The molecule has 0 spiro atoms. The normalized spacial score (nSPS) is 25.7. The maximum absolute atomic E-state index is 13.5. The van der Waals surface area contributed by atoms with Gasteiger partial charge in [0.05, 0.1) is 0 Å². The minimum atomic E-state index is -0.609. The maximum atomic E-state index is 13.5. The molecule has 3 rings (SSSR count). The van der Waals surface area contributed by atoms with Crippen molar-refractivity contribution in [2.75, 3.05) is 0 Å². The summed E-state index contributed by atoms with van der Waals surface area (Å²) >= 11 is 0. The summed E-state index contributed by atoms with van der Waals surface area (Å²) in [5.41, 5.74) is 0.248. The second kappa shape index (κ2) is 4.39. The van der Waals surface area contributed by atoms with Gasteiger partial charge in [-0.3, -0.25) is 0 Å². The Morgan fingerprint density at radius 2 is 2.22 bits per heavy atom. The van der Waals surface area contributed by atoms with Crippen LogP contribution in [0.15, 0.2) is 28.7 Å². The molecule has 1 aliphatic carbocycles. The summed E-state index contributed by atoms with van der Waals surface area (Å²) in [4.78, 5) is 0. The summed E-state index contributed by atoms with van der Waals surface area (Å²) in [5.74, 6) is 1.02. The molecule has 1 aromatic carbocycles. The van der Waals surface area contributed by atoms with Crippen LogP contribution in [-0.4, -0.2) is 5.11 Å². The molecule has 1 fully saturated rings. The predicted octanol–water partition coefficient (Wildman–Crippen LogP) is 4.04. The number of hydrogen-bond acceptors (Lipinski definition) is 2. The van der Waals surface area contributed by atoms with Gasteiger partial charge in [-0.2, -0.15) is 0 Å². The summed E-state index contributed by atoms with van der Waals surface area (Å²) in [6.07, 6.45) is 2.57. The van der Waals surface area contributed by atoms with Crippen molar-refractivity contribution < 1.29 is 13.9 Å². The van der Waals surface area contributed by atoms with Gasteiger partial charge in [0.2, 0.25) is 0 Å². The highest BCUT2D eigenvalue weighted by Crippen LogP contribution is 2.40. The SMILES string of the molecule is CC1CCC(C(O)c2cc3cccc(F)c3o2)C1. The van der Waals surface area contributed by atoms with Crippen LogP contribution in [0.1, 0.15) is 38.1 Å². The second-order valence-electron chi connectivity index (χ2n) is 5.43. The monoisotopic (exact) mass is 248 g/mol. The van der Waals surface area contributed by atoms with E-state index < -0.39 is 6.10 Å². The van der Waals surface area contributed by atoms with Gasteiger partial charge in [0.1, 0.15) is 11.9 Å².